The Hall–Kier alpha value is -2.78. The van der Waals surface area contributed by atoms with Gasteiger partial charge in [-0.25, -0.2) is 0 Å². The number of nitrogens with zero attached hydrogens (tertiary/aromatic N) is 3. The molecule has 0 atom stereocenters. The van der Waals surface area contributed by atoms with Crippen molar-refractivity contribution in [3.63, 3.8) is 0 Å². The molecule has 0 saturated carbocycles. The largest absolute Gasteiger partial charge is 0.416 e. The van der Waals surface area contributed by atoms with Gasteiger partial charge in [-0.15, -0.1) is 0 Å². The summed E-state index contributed by atoms with van der Waals surface area (Å²) in [5.41, 5.74) is -1.44. The van der Waals surface area contributed by atoms with Gasteiger partial charge in [0, 0.05) is 0 Å². The Labute approximate surface area is 101 Å². The molecule has 1 aromatic carbocycles. The van der Waals surface area contributed by atoms with Crippen LogP contribution in [-0.2, 0) is 6.18 Å². The van der Waals surface area contributed by atoms with Crippen molar-refractivity contribution in [2.45, 2.75) is 6.18 Å². The third-order valence-corrected chi connectivity index (χ3v) is 2.09. The molecule has 0 bridgehead atoms. The summed E-state index contributed by atoms with van der Waals surface area (Å²) >= 11 is 0. The molecular weight excluding hydrogens is 243 g/mol. The van der Waals surface area contributed by atoms with Crippen molar-refractivity contribution in [2.24, 2.45) is 0 Å². The van der Waals surface area contributed by atoms with Crippen LogP contribution in [0.3, 0.4) is 0 Å². The van der Waals surface area contributed by atoms with Crippen molar-refractivity contribution in [2.75, 3.05) is 0 Å². The predicted molar refractivity (Wildman–Crippen MR) is 55.2 cm³/mol. The number of hydrogen-bond acceptors (Lipinski definition) is 3. The zero-order valence-electron chi connectivity index (χ0n) is 8.78. The molecule has 88 valence electrons. The van der Waals surface area contributed by atoms with Gasteiger partial charge in [-0.1, -0.05) is 12.1 Å². The maximum atomic E-state index is 12.3. The molecule has 0 aliphatic carbocycles. The van der Waals surface area contributed by atoms with Crippen LogP contribution in [0.15, 0.2) is 29.8 Å². The first-order valence-corrected chi connectivity index (χ1v) is 4.56. The average molecular weight is 247 g/mol. The van der Waals surface area contributed by atoms with E-state index in [1.807, 2.05) is 0 Å². The second-order valence-electron chi connectivity index (χ2n) is 3.16. The third-order valence-electron chi connectivity index (χ3n) is 2.09. The van der Waals surface area contributed by atoms with Crippen LogP contribution in [0.5, 0.6) is 0 Å². The van der Waals surface area contributed by atoms with E-state index >= 15 is 0 Å². The molecule has 0 unspecified atom stereocenters. The lowest BCUT2D eigenvalue weighted by Crippen LogP contribution is -2.04. The fourth-order valence-corrected chi connectivity index (χ4v) is 1.23. The molecule has 0 spiro atoms. The van der Waals surface area contributed by atoms with E-state index in [1.165, 1.54) is 12.1 Å². The number of alkyl halides is 3. The van der Waals surface area contributed by atoms with Gasteiger partial charge in [0.1, 0.15) is 23.8 Å². The van der Waals surface area contributed by atoms with E-state index in [2.05, 4.69) is 0 Å². The highest BCUT2D eigenvalue weighted by atomic mass is 19.4. The number of hydrogen-bond donors (Lipinski definition) is 0. The Bertz CT molecular complexity index is 588. The van der Waals surface area contributed by atoms with Crippen LogP contribution >= 0.6 is 0 Å². The van der Waals surface area contributed by atoms with Crippen molar-refractivity contribution in [3.8, 4) is 18.2 Å². The maximum absolute atomic E-state index is 12.3. The Kier molecular flexibility index (Phi) is 3.72. The highest BCUT2D eigenvalue weighted by Crippen LogP contribution is 2.30. The maximum Gasteiger partial charge on any atom is 0.416 e. The normalized spacial score (nSPS) is 9.78. The molecule has 0 aliphatic heterocycles. The summed E-state index contributed by atoms with van der Waals surface area (Å²) in [6.45, 7) is 0. The zero-order valence-corrected chi connectivity index (χ0v) is 8.78. The Morgan fingerprint density at radius 1 is 0.889 bits per heavy atom. The lowest BCUT2D eigenvalue weighted by Gasteiger charge is -2.06. The number of nitriles is 3. The van der Waals surface area contributed by atoms with Gasteiger partial charge in [-0.05, 0) is 17.7 Å². The quantitative estimate of drug-likeness (QED) is 0.716. The summed E-state index contributed by atoms with van der Waals surface area (Å²) in [5.74, 6) is 0. The molecule has 3 nitrogen and oxygen atoms in total. The second-order valence-corrected chi connectivity index (χ2v) is 3.16. The van der Waals surface area contributed by atoms with Crippen molar-refractivity contribution in [3.05, 3.63) is 41.0 Å². The van der Waals surface area contributed by atoms with Crippen LogP contribution in [0.2, 0.25) is 0 Å². The first kappa shape index (κ1) is 13.3. The minimum atomic E-state index is -4.47. The first-order chi connectivity index (χ1) is 8.43. The van der Waals surface area contributed by atoms with Crippen molar-refractivity contribution < 1.29 is 13.2 Å². The molecule has 0 fully saturated rings. The van der Waals surface area contributed by atoms with E-state index in [9.17, 15) is 13.2 Å². The molecule has 1 rings (SSSR count). The monoisotopic (exact) mass is 247 g/mol. The molecule has 18 heavy (non-hydrogen) atoms. The van der Waals surface area contributed by atoms with Gasteiger partial charge in [0.25, 0.3) is 0 Å². The summed E-state index contributed by atoms with van der Waals surface area (Å²) in [7, 11) is 0. The van der Waals surface area contributed by atoms with Crippen LogP contribution in [0, 0.1) is 34.0 Å². The summed E-state index contributed by atoms with van der Waals surface area (Å²) in [4.78, 5) is 0. The number of allylic oxidation sites excluding steroid dienone is 2. The van der Waals surface area contributed by atoms with Crippen LogP contribution in [0.4, 0.5) is 13.2 Å². The fourth-order valence-electron chi connectivity index (χ4n) is 1.23. The molecule has 1 aromatic rings. The lowest BCUT2D eigenvalue weighted by atomic mass is 10.0. The fraction of sp³-hybridized carbons (Fsp3) is 0.0833. The highest BCUT2D eigenvalue weighted by molar-refractivity contribution is 5.84. The van der Waals surface area contributed by atoms with E-state index in [4.69, 9.17) is 15.8 Å². The average Bonchev–Trinajstić information content (AvgIpc) is 2.35. The van der Waals surface area contributed by atoms with Crippen LogP contribution in [-0.4, -0.2) is 0 Å². The summed E-state index contributed by atoms with van der Waals surface area (Å²) in [5, 5.41) is 26.0. The van der Waals surface area contributed by atoms with Gasteiger partial charge in [0.05, 0.1) is 11.1 Å². The smallest absolute Gasteiger partial charge is 0.192 e. The van der Waals surface area contributed by atoms with E-state index in [0.29, 0.717) is 0 Å². The van der Waals surface area contributed by atoms with Crippen LogP contribution < -0.4 is 0 Å². The zero-order chi connectivity index (χ0) is 13.8. The molecule has 0 heterocycles. The lowest BCUT2D eigenvalue weighted by molar-refractivity contribution is -0.137. The van der Waals surface area contributed by atoms with Gasteiger partial charge < -0.3 is 0 Å². The van der Waals surface area contributed by atoms with Gasteiger partial charge >= 0.3 is 6.18 Å². The summed E-state index contributed by atoms with van der Waals surface area (Å²) in [6.07, 6.45) is -4.47. The second kappa shape index (κ2) is 5.03. The molecule has 0 amide bonds. The Morgan fingerprint density at radius 2 is 1.39 bits per heavy atom. The highest BCUT2D eigenvalue weighted by Gasteiger charge is 2.30. The molecule has 0 aromatic heterocycles. The van der Waals surface area contributed by atoms with Crippen LogP contribution in [0.1, 0.15) is 11.1 Å². The minimum absolute atomic E-state index is 0.101. The van der Waals surface area contributed by atoms with Gasteiger partial charge in [-0.3, -0.25) is 0 Å². The van der Waals surface area contributed by atoms with E-state index in [1.54, 1.807) is 6.07 Å². The molecule has 0 saturated heterocycles. The SMILES string of the molecule is N#CC(C#N)=C(C#N)c1ccc(C(F)(F)F)cc1. The van der Waals surface area contributed by atoms with Crippen molar-refractivity contribution in [1.82, 2.24) is 0 Å². The topological polar surface area (TPSA) is 71.4 Å². The minimum Gasteiger partial charge on any atom is -0.192 e. The van der Waals surface area contributed by atoms with E-state index < -0.39 is 17.3 Å². The first-order valence-electron chi connectivity index (χ1n) is 4.56. The number of halogens is 3. The van der Waals surface area contributed by atoms with Gasteiger partial charge in [0.2, 0.25) is 0 Å². The van der Waals surface area contributed by atoms with Crippen molar-refractivity contribution in [1.29, 1.82) is 15.8 Å². The Morgan fingerprint density at radius 3 is 1.72 bits per heavy atom. The predicted octanol–water partition coefficient (Wildman–Crippen LogP) is 3.03. The molecular formula is C12H4F3N3. The van der Waals surface area contributed by atoms with E-state index in [0.717, 1.165) is 24.3 Å². The number of rotatable bonds is 1. The third kappa shape index (κ3) is 2.66. The standard InChI is InChI=1S/C12H4F3N3/c13-12(14,15)10-3-1-8(2-4-10)11(7-18)9(5-16)6-17/h1-4H. The molecule has 0 N–H and O–H groups in total. The number of benzene rings is 1. The molecule has 0 aliphatic rings. The molecule has 0 radical (unpaired) electrons. The summed E-state index contributed by atoms with van der Waals surface area (Å²) in [6, 6.07) is 8.36. The van der Waals surface area contributed by atoms with Gasteiger partial charge in [-0.2, -0.15) is 29.0 Å². The summed E-state index contributed by atoms with van der Waals surface area (Å²) < 4.78 is 36.9. The Balaban J connectivity index is 3.31. The van der Waals surface area contributed by atoms with Crippen molar-refractivity contribution >= 4 is 5.57 Å². The van der Waals surface area contributed by atoms with Gasteiger partial charge in [0.15, 0.2) is 0 Å². The van der Waals surface area contributed by atoms with Crippen LogP contribution in [0.25, 0.3) is 5.57 Å². The van der Waals surface area contributed by atoms with E-state index in [-0.39, 0.29) is 11.1 Å². The molecule has 6 heteroatoms.